The average molecular weight is 372 g/mol. The summed E-state index contributed by atoms with van der Waals surface area (Å²) in [4.78, 5) is 25.7. The van der Waals surface area contributed by atoms with E-state index in [0.29, 0.717) is 11.5 Å². The van der Waals surface area contributed by atoms with Gasteiger partial charge in [0.05, 0.1) is 5.56 Å². The van der Waals surface area contributed by atoms with E-state index in [2.05, 4.69) is 19.2 Å². The molecule has 0 saturated heterocycles. The van der Waals surface area contributed by atoms with Gasteiger partial charge in [0, 0.05) is 10.6 Å². The van der Waals surface area contributed by atoms with Crippen molar-refractivity contribution in [2.75, 3.05) is 11.6 Å². The number of carbonyl (C=O) groups excluding carboxylic acids is 2. The largest absolute Gasteiger partial charge is 0.449 e. The van der Waals surface area contributed by atoms with Crippen molar-refractivity contribution in [1.29, 1.82) is 0 Å². The summed E-state index contributed by atoms with van der Waals surface area (Å²) in [6, 6.07) is 14.9. The summed E-state index contributed by atoms with van der Waals surface area (Å²) in [5.74, 6) is -0.499. The maximum absolute atomic E-state index is 12.5. The molecule has 138 valence electrons. The summed E-state index contributed by atoms with van der Waals surface area (Å²) in [5, 5.41) is 2.89. The molecule has 0 heterocycles. The van der Waals surface area contributed by atoms with Gasteiger partial charge in [-0.05, 0) is 49.3 Å². The predicted octanol–water partition coefficient (Wildman–Crippen LogP) is 5.11. The number of hydrogen-bond donors (Lipinski definition) is 1. The lowest BCUT2D eigenvalue weighted by atomic mass is 9.97. The summed E-state index contributed by atoms with van der Waals surface area (Å²) in [7, 11) is 0. The number of carbonyl (C=O) groups is 2. The Labute approximate surface area is 159 Å². The van der Waals surface area contributed by atoms with Gasteiger partial charge in [0.15, 0.2) is 6.10 Å². The Balaban J connectivity index is 2.08. The first kappa shape index (κ1) is 20.0. The Bertz CT molecular complexity index is 775. The SMILES string of the molecule is CC[C@@H](C)c1ccccc1NC(=O)[C@H](C)OC(=O)c1ccccc1SC. The zero-order chi connectivity index (χ0) is 19.1. The summed E-state index contributed by atoms with van der Waals surface area (Å²) in [5.41, 5.74) is 2.31. The summed E-state index contributed by atoms with van der Waals surface area (Å²) >= 11 is 1.47. The number of thioether (sulfide) groups is 1. The van der Waals surface area contributed by atoms with Crippen LogP contribution in [0.3, 0.4) is 0 Å². The van der Waals surface area contributed by atoms with Crippen molar-refractivity contribution in [2.24, 2.45) is 0 Å². The third kappa shape index (κ3) is 4.88. The van der Waals surface area contributed by atoms with Crippen molar-refractivity contribution in [3.8, 4) is 0 Å². The van der Waals surface area contributed by atoms with E-state index in [4.69, 9.17) is 4.74 Å². The maximum atomic E-state index is 12.5. The third-order valence-electron chi connectivity index (χ3n) is 4.34. The highest BCUT2D eigenvalue weighted by atomic mass is 32.2. The molecule has 0 fully saturated rings. The van der Waals surface area contributed by atoms with Crippen LogP contribution in [0.4, 0.5) is 5.69 Å². The zero-order valence-electron chi connectivity index (χ0n) is 15.6. The van der Waals surface area contributed by atoms with E-state index >= 15 is 0 Å². The molecular formula is C21H25NO3S. The predicted molar refractivity (Wildman–Crippen MR) is 107 cm³/mol. The highest BCUT2D eigenvalue weighted by Gasteiger charge is 2.21. The van der Waals surface area contributed by atoms with Crippen LogP contribution >= 0.6 is 11.8 Å². The van der Waals surface area contributed by atoms with E-state index in [0.717, 1.165) is 22.6 Å². The average Bonchev–Trinajstić information content (AvgIpc) is 2.67. The van der Waals surface area contributed by atoms with Crippen LogP contribution in [0.1, 0.15) is 49.0 Å². The number of benzene rings is 2. The van der Waals surface area contributed by atoms with Crippen molar-refractivity contribution in [3.05, 3.63) is 59.7 Å². The van der Waals surface area contributed by atoms with E-state index in [1.54, 1.807) is 19.1 Å². The third-order valence-corrected chi connectivity index (χ3v) is 5.14. The Morgan fingerprint density at radius 1 is 1.08 bits per heavy atom. The minimum Gasteiger partial charge on any atom is -0.449 e. The molecule has 2 aromatic rings. The van der Waals surface area contributed by atoms with Crippen LogP contribution in [0.25, 0.3) is 0 Å². The van der Waals surface area contributed by atoms with Crippen LogP contribution in [0.2, 0.25) is 0 Å². The first-order chi connectivity index (χ1) is 12.5. The van der Waals surface area contributed by atoms with Gasteiger partial charge < -0.3 is 10.1 Å². The van der Waals surface area contributed by atoms with Crippen molar-refractivity contribution in [2.45, 2.75) is 44.1 Å². The molecule has 0 aliphatic carbocycles. The first-order valence-corrected chi connectivity index (χ1v) is 9.94. The molecule has 26 heavy (non-hydrogen) atoms. The highest BCUT2D eigenvalue weighted by Crippen LogP contribution is 2.27. The topological polar surface area (TPSA) is 55.4 Å². The minimum absolute atomic E-state index is 0.331. The van der Waals surface area contributed by atoms with E-state index < -0.39 is 12.1 Å². The normalized spacial score (nSPS) is 12.9. The molecule has 0 spiro atoms. The van der Waals surface area contributed by atoms with Gasteiger partial charge in [-0.2, -0.15) is 0 Å². The molecule has 0 aromatic heterocycles. The monoisotopic (exact) mass is 371 g/mol. The summed E-state index contributed by atoms with van der Waals surface area (Å²) < 4.78 is 5.38. The lowest BCUT2D eigenvalue weighted by Gasteiger charge is -2.18. The van der Waals surface area contributed by atoms with Crippen LogP contribution in [-0.4, -0.2) is 24.2 Å². The molecule has 0 aliphatic heterocycles. The van der Waals surface area contributed by atoms with Gasteiger partial charge in [-0.1, -0.05) is 44.2 Å². The van der Waals surface area contributed by atoms with E-state index in [-0.39, 0.29) is 5.91 Å². The Morgan fingerprint density at radius 3 is 2.42 bits per heavy atom. The fourth-order valence-corrected chi connectivity index (χ4v) is 3.17. The minimum atomic E-state index is -0.887. The molecule has 1 N–H and O–H groups in total. The second-order valence-electron chi connectivity index (χ2n) is 6.13. The van der Waals surface area contributed by atoms with Crippen molar-refractivity contribution in [1.82, 2.24) is 0 Å². The Kier molecular flexibility index (Phi) is 7.27. The van der Waals surface area contributed by atoms with E-state index in [1.165, 1.54) is 11.8 Å². The maximum Gasteiger partial charge on any atom is 0.340 e. The van der Waals surface area contributed by atoms with Gasteiger partial charge in [-0.3, -0.25) is 4.79 Å². The van der Waals surface area contributed by atoms with E-state index in [9.17, 15) is 9.59 Å². The van der Waals surface area contributed by atoms with Crippen LogP contribution in [0.5, 0.6) is 0 Å². The number of hydrogen-bond acceptors (Lipinski definition) is 4. The van der Waals surface area contributed by atoms with E-state index in [1.807, 2.05) is 42.7 Å². The Hall–Kier alpha value is -2.27. The second kappa shape index (κ2) is 9.43. The first-order valence-electron chi connectivity index (χ1n) is 8.71. The summed E-state index contributed by atoms with van der Waals surface area (Å²) in [6.45, 7) is 5.81. The lowest BCUT2D eigenvalue weighted by Crippen LogP contribution is -2.30. The lowest BCUT2D eigenvalue weighted by molar-refractivity contribution is -0.123. The number of esters is 1. The Morgan fingerprint density at radius 2 is 1.73 bits per heavy atom. The standard InChI is InChI=1S/C21H25NO3S/c1-5-14(2)16-10-6-8-12-18(16)22-20(23)15(3)25-21(24)17-11-7-9-13-19(17)26-4/h6-15H,5H2,1-4H3,(H,22,23)/t14-,15+/m1/s1. The van der Waals surface area contributed by atoms with Gasteiger partial charge >= 0.3 is 5.97 Å². The zero-order valence-corrected chi connectivity index (χ0v) is 16.4. The number of ether oxygens (including phenoxy) is 1. The molecule has 2 rings (SSSR count). The van der Waals surface area contributed by atoms with Gasteiger partial charge in [0.2, 0.25) is 0 Å². The van der Waals surface area contributed by atoms with Crippen molar-refractivity contribution in [3.63, 3.8) is 0 Å². The van der Waals surface area contributed by atoms with Crippen LogP contribution in [-0.2, 0) is 9.53 Å². The second-order valence-corrected chi connectivity index (χ2v) is 6.98. The quantitative estimate of drug-likeness (QED) is 0.543. The number of para-hydroxylation sites is 1. The fraction of sp³-hybridized carbons (Fsp3) is 0.333. The van der Waals surface area contributed by atoms with Crippen molar-refractivity contribution < 1.29 is 14.3 Å². The molecule has 0 bridgehead atoms. The molecule has 2 aromatic carbocycles. The molecule has 0 radical (unpaired) electrons. The molecule has 5 heteroatoms. The van der Waals surface area contributed by atoms with Gasteiger partial charge in [-0.25, -0.2) is 4.79 Å². The van der Waals surface area contributed by atoms with Gasteiger partial charge in [-0.15, -0.1) is 11.8 Å². The molecule has 1 amide bonds. The number of amides is 1. The summed E-state index contributed by atoms with van der Waals surface area (Å²) in [6.07, 6.45) is 1.99. The smallest absolute Gasteiger partial charge is 0.340 e. The molecule has 4 nitrogen and oxygen atoms in total. The van der Waals surface area contributed by atoms with Gasteiger partial charge in [0.25, 0.3) is 5.91 Å². The van der Waals surface area contributed by atoms with Crippen LogP contribution in [0, 0.1) is 0 Å². The number of rotatable bonds is 7. The number of nitrogens with one attached hydrogen (secondary N) is 1. The number of anilines is 1. The highest BCUT2D eigenvalue weighted by molar-refractivity contribution is 7.98. The molecule has 0 aliphatic rings. The molecule has 0 unspecified atom stereocenters. The molecular weight excluding hydrogens is 346 g/mol. The molecule has 2 atom stereocenters. The van der Waals surface area contributed by atoms with Crippen LogP contribution in [0.15, 0.2) is 53.4 Å². The van der Waals surface area contributed by atoms with Gasteiger partial charge in [0.1, 0.15) is 0 Å². The van der Waals surface area contributed by atoms with Crippen molar-refractivity contribution >= 4 is 29.3 Å². The van der Waals surface area contributed by atoms with Crippen LogP contribution < -0.4 is 5.32 Å². The molecule has 0 saturated carbocycles. The fourth-order valence-electron chi connectivity index (χ4n) is 2.59.